The third kappa shape index (κ3) is 4.61. The minimum atomic E-state index is 0.532. The summed E-state index contributed by atoms with van der Waals surface area (Å²) in [5.41, 5.74) is 1.41. The molecule has 84 valence electrons. The maximum atomic E-state index is 10.1. The molecule has 0 aromatic heterocycles. The second kappa shape index (κ2) is 6.79. The summed E-state index contributed by atoms with van der Waals surface area (Å²) in [5.74, 6) is 0.798. The highest BCUT2D eigenvalue weighted by Crippen LogP contribution is 2.28. The van der Waals surface area contributed by atoms with E-state index < -0.39 is 0 Å². The molecule has 15 heavy (non-hydrogen) atoms. The van der Waals surface area contributed by atoms with Gasteiger partial charge in [-0.1, -0.05) is 25.2 Å². The molecule has 1 heterocycles. The van der Waals surface area contributed by atoms with Gasteiger partial charge in [0.15, 0.2) is 0 Å². The second-order valence-corrected chi connectivity index (χ2v) is 4.72. The summed E-state index contributed by atoms with van der Waals surface area (Å²) in [5, 5.41) is 0. The minimum Gasteiger partial charge on any atom is -0.360 e. The predicted octanol–water partition coefficient (Wildman–Crippen LogP) is 2.93. The van der Waals surface area contributed by atoms with Gasteiger partial charge in [-0.05, 0) is 34.6 Å². The summed E-state index contributed by atoms with van der Waals surface area (Å²) in [7, 11) is 2.78. The lowest BCUT2D eigenvalue weighted by atomic mass is 9.97. The summed E-state index contributed by atoms with van der Waals surface area (Å²) in [6, 6.07) is 0. The van der Waals surface area contributed by atoms with Gasteiger partial charge in [-0.15, -0.1) is 0 Å². The molecule has 1 unspecified atom stereocenters. The molecule has 1 saturated heterocycles. The minimum absolute atomic E-state index is 0.532. The number of rotatable bonds is 4. The van der Waals surface area contributed by atoms with Crippen LogP contribution >= 0.6 is 9.39 Å². The van der Waals surface area contributed by atoms with Crippen LogP contribution in [-0.2, 0) is 4.79 Å². The van der Waals surface area contributed by atoms with Gasteiger partial charge in [-0.25, -0.2) is 0 Å². The molecule has 1 rings (SSSR count). The summed E-state index contributed by atoms with van der Waals surface area (Å²) >= 11 is 0. The Kier molecular flexibility index (Phi) is 5.63. The molecule has 0 bridgehead atoms. The van der Waals surface area contributed by atoms with Crippen LogP contribution in [0.5, 0.6) is 0 Å². The van der Waals surface area contributed by atoms with Crippen LogP contribution in [0, 0.1) is 5.92 Å². The second-order valence-electron chi connectivity index (χ2n) is 4.10. The zero-order valence-electron chi connectivity index (χ0n) is 9.36. The largest absolute Gasteiger partial charge is 0.360 e. The Morgan fingerprint density at radius 2 is 2.20 bits per heavy atom. The van der Waals surface area contributed by atoms with Crippen LogP contribution in [0.25, 0.3) is 0 Å². The zero-order valence-corrected chi connectivity index (χ0v) is 10.5. The average molecular weight is 225 g/mol. The van der Waals surface area contributed by atoms with E-state index >= 15 is 0 Å². The van der Waals surface area contributed by atoms with E-state index in [1.165, 1.54) is 18.5 Å². The Morgan fingerprint density at radius 1 is 1.47 bits per heavy atom. The van der Waals surface area contributed by atoms with Gasteiger partial charge in [0, 0.05) is 18.7 Å². The third-order valence-corrected chi connectivity index (χ3v) is 3.27. The molecule has 3 heteroatoms. The summed E-state index contributed by atoms with van der Waals surface area (Å²) in [6.45, 7) is 3.43. The van der Waals surface area contributed by atoms with Crippen molar-refractivity contribution in [3.8, 4) is 0 Å². The fourth-order valence-corrected chi connectivity index (χ4v) is 2.09. The van der Waals surface area contributed by atoms with Crippen molar-refractivity contribution in [3.63, 3.8) is 0 Å². The molecular weight excluding hydrogens is 205 g/mol. The van der Waals surface area contributed by atoms with E-state index in [1.54, 1.807) is 0 Å². The van der Waals surface area contributed by atoms with Gasteiger partial charge in [0.1, 0.15) is 6.29 Å². The van der Waals surface area contributed by atoms with Crippen molar-refractivity contribution in [2.24, 2.45) is 5.92 Å². The van der Waals surface area contributed by atoms with Crippen LogP contribution in [0.2, 0.25) is 0 Å². The van der Waals surface area contributed by atoms with E-state index in [1.807, 2.05) is 6.08 Å². The van der Waals surface area contributed by atoms with Crippen molar-refractivity contribution >= 4 is 15.7 Å². The molecule has 2 nitrogen and oxygen atoms in total. The molecule has 1 aliphatic heterocycles. The van der Waals surface area contributed by atoms with Gasteiger partial charge in [0.25, 0.3) is 0 Å². The third-order valence-electron chi connectivity index (χ3n) is 2.68. The molecule has 1 fully saturated rings. The van der Waals surface area contributed by atoms with Crippen LogP contribution in [0.15, 0.2) is 23.9 Å². The first-order valence-electron chi connectivity index (χ1n) is 5.54. The van der Waals surface area contributed by atoms with Gasteiger partial charge in [0.05, 0.1) is 0 Å². The molecule has 0 amide bonds. The standard InChI is InChI=1S/C12H20NOP/c1-11-7-8-13(15)12(10-11)6-4-2-3-5-9-14/h2-3,6,9,11H,4-5,7-8,10,15H2,1H3/b3-2-,12-6+/t11-/m0/s1. The number of hydrogen-bond donors (Lipinski definition) is 0. The Bertz CT molecular complexity index is 260. The topological polar surface area (TPSA) is 20.3 Å². The molecule has 1 aliphatic rings. The van der Waals surface area contributed by atoms with Gasteiger partial charge in [-0.2, -0.15) is 0 Å². The highest BCUT2D eigenvalue weighted by Gasteiger charge is 2.15. The number of aldehydes is 1. The van der Waals surface area contributed by atoms with Gasteiger partial charge < -0.3 is 9.46 Å². The average Bonchev–Trinajstić information content (AvgIpc) is 2.23. The van der Waals surface area contributed by atoms with Crippen LogP contribution in [-0.4, -0.2) is 17.5 Å². The van der Waals surface area contributed by atoms with Crippen molar-refractivity contribution in [1.82, 2.24) is 4.67 Å². The maximum absolute atomic E-state index is 10.1. The first-order chi connectivity index (χ1) is 7.24. The number of nitrogens with zero attached hydrogens (tertiary/aromatic N) is 1. The predicted molar refractivity (Wildman–Crippen MR) is 67.3 cm³/mol. The maximum Gasteiger partial charge on any atom is 0.123 e. The SMILES string of the molecule is C[C@H]1CCN(P)/C(=C/C/C=C\CC=O)C1. The van der Waals surface area contributed by atoms with Crippen LogP contribution in [0.1, 0.15) is 32.6 Å². The molecule has 0 aromatic rings. The van der Waals surface area contributed by atoms with Gasteiger partial charge in [0.2, 0.25) is 0 Å². The van der Waals surface area contributed by atoms with Crippen molar-refractivity contribution in [1.29, 1.82) is 0 Å². The fraction of sp³-hybridized carbons (Fsp3) is 0.583. The van der Waals surface area contributed by atoms with E-state index in [0.29, 0.717) is 6.42 Å². The number of piperidine rings is 1. The fourth-order valence-electron chi connectivity index (χ4n) is 1.73. The lowest BCUT2D eigenvalue weighted by Gasteiger charge is -2.31. The van der Waals surface area contributed by atoms with E-state index in [-0.39, 0.29) is 0 Å². The molecule has 0 saturated carbocycles. The number of hydrogen-bond acceptors (Lipinski definition) is 2. The molecule has 0 radical (unpaired) electrons. The summed E-state index contributed by atoms with van der Waals surface area (Å²) < 4.78 is 2.26. The van der Waals surface area contributed by atoms with Crippen LogP contribution in [0.3, 0.4) is 0 Å². The molecule has 0 aliphatic carbocycles. The summed E-state index contributed by atoms with van der Waals surface area (Å²) in [4.78, 5) is 10.1. The number of allylic oxidation sites excluding steroid dienone is 4. The van der Waals surface area contributed by atoms with E-state index in [4.69, 9.17) is 0 Å². The van der Waals surface area contributed by atoms with E-state index in [2.05, 4.69) is 33.1 Å². The first-order valence-corrected chi connectivity index (χ1v) is 6.05. The van der Waals surface area contributed by atoms with E-state index in [0.717, 1.165) is 25.2 Å². The van der Waals surface area contributed by atoms with Crippen molar-refractivity contribution < 1.29 is 4.79 Å². The highest BCUT2D eigenvalue weighted by atomic mass is 31.0. The van der Waals surface area contributed by atoms with Crippen LogP contribution in [0.4, 0.5) is 0 Å². The Balaban J connectivity index is 2.39. The molecular formula is C12H20NOP. The summed E-state index contributed by atoms with van der Waals surface area (Å²) in [6.07, 6.45) is 11.1. The normalized spacial score (nSPS) is 25.1. The van der Waals surface area contributed by atoms with Gasteiger partial charge >= 0.3 is 0 Å². The van der Waals surface area contributed by atoms with Crippen molar-refractivity contribution in [2.45, 2.75) is 32.6 Å². The Hall–Kier alpha value is -0.620. The quantitative estimate of drug-likeness (QED) is 0.416. The molecule has 2 atom stereocenters. The van der Waals surface area contributed by atoms with Crippen LogP contribution < -0.4 is 0 Å². The number of carbonyl (C=O) groups excluding carboxylic acids is 1. The number of carbonyl (C=O) groups is 1. The highest BCUT2D eigenvalue weighted by molar-refractivity contribution is 7.13. The zero-order chi connectivity index (χ0) is 11.1. The van der Waals surface area contributed by atoms with E-state index in [9.17, 15) is 4.79 Å². The lowest BCUT2D eigenvalue weighted by molar-refractivity contribution is -0.107. The molecule has 0 N–H and O–H groups in total. The monoisotopic (exact) mass is 225 g/mol. The Morgan fingerprint density at radius 3 is 2.93 bits per heavy atom. The molecule has 0 spiro atoms. The Labute approximate surface area is 94.7 Å². The smallest absolute Gasteiger partial charge is 0.123 e. The first kappa shape index (κ1) is 12.4. The van der Waals surface area contributed by atoms with Gasteiger partial charge in [-0.3, -0.25) is 0 Å². The lowest BCUT2D eigenvalue weighted by Crippen LogP contribution is -2.22. The van der Waals surface area contributed by atoms with Crippen molar-refractivity contribution in [3.05, 3.63) is 23.9 Å². The van der Waals surface area contributed by atoms with Crippen molar-refractivity contribution in [2.75, 3.05) is 6.54 Å². The molecule has 0 aromatic carbocycles.